The monoisotopic (exact) mass is 151 g/mol. The van der Waals surface area contributed by atoms with E-state index in [0.29, 0.717) is 0 Å². The molecule has 0 radical (unpaired) electrons. The molecule has 0 aromatic heterocycles. The van der Waals surface area contributed by atoms with Crippen LogP contribution in [-0.2, 0) is 14.9 Å². The standard InChI is InChI=1S/C3H5NO4S/c5-2-1-3(4-2)9(6,7)8/h3H,1H2,(H,4,5)(H,6,7,8). The summed E-state index contributed by atoms with van der Waals surface area (Å²) in [6, 6.07) is 0. The quantitative estimate of drug-likeness (QED) is 0.361. The fraction of sp³-hybridized carbons (Fsp3) is 0.667. The first-order valence-electron chi connectivity index (χ1n) is 2.26. The summed E-state index contributed by atoms with van der Waals surface area (Å²) in [6.07, 6.45) is -0.126. The molecule has 6 heteroatoms. The summed E-state index contributed by atoms with van der Waals surface area (Å²) in [6.45, 7) is 0. The van der Waals surface area contributed by atoms with Crippen LogP contribution in [0.15, 0.2) is 0 Å². The fourth-order valence-electron chi connectivity index (χ4n) is 0.507. The molecular weight excluding hydrogens is 146 g/mol. The molecule has 1 atom stereocenters. The van der Waals surface area contributed by atoms with Crippen molar-refractivity contribution in [3.63, 3.8) is 0 Å². The normalized spacial score (nSPS) is 26.8. The number of carbonyl (C=O) groups is 1. The van der Waals surface area contributed by atoms with Gasteiger partial charge >= 0.3 is 0 Å². The third-order valence-corrected chi connectivity index (χ3v) is 2.06. The number of nitrogens with one attached hydrogen (secondary N) is 1. The molecule has 9 heavy (non-hydrogen) atoms. The molecule has 1 aliphatic rings. The van der Waals surface area contributed by atoms with Gasteiger partial charge in [0.1, 0.15) is 0 Å². The highest BCUT2D eigenvalue weighted by atomic mass is 32.2. The van der Waals surface area contributed by atoms with Crippen molar-refractivity contribution in [2.45, 2.75) is 11.8 Å². The van der Waals surface area contributed by atoms with Gasteiger partial charge < -0.3 is 5.32 Å². The first-order chi connectivity index (χ1) is 4.00. The molecule has 1 unspecified atom stereocenters. The largest absolute Gasteiger partial charge is 0.337 e. The van der Waals surface area contributed by atoms with Crippen molar-refractivity contribution in [1.29, 1.82) is 0 Å². The Bertz CT molecular complexity index is 222. The van der Waals surface area contributed by atoms with Crippen LogP contribution in [0.4, 0.5) is 0 Å². The molecule has 52 valence electrons. The molecule has 1 saturated heterocycles. The highest BCUT2D eigenvalue weighted by Gasteiger charge is 2.35. The maximum absolute atomic E-state index is 10.1. The summed E-state index contributed by atoms with van der Waals surface area (Å²) < 4.78 is 28.4. The van der Waals surface area contributed by atoms with Crippen molar-refractivity contribution in [1.82, 2.24) is 5.32 Å². The number of hydrogen-bond acceptors (Lipinski definition) is 3. The Morgan fingerprint density at radius 1 is 1.67 bits per heavy atom. The molecule has 0 bridgehead atoms. The maximum atomic E-state index is 10.1. The van der Waals surface area contributed by atoms with E-state index < -0.39 is 15.5 Å². The highest BCUT2D eigenvalue weighted by molar-refractivity contribution is 7.86. The molecule has 1 heterocycles. The summed E-state index contributed by atoms with van der Waals surface area (Å²) in [5, 5.41) is 0.941. The van der Waals surface area contributed by atoms with Crippen LogP contribution < -0.4 is 5.32 Å². The minimum absolute atomic E-state index is 0.126. The second-order valence-corrected chi connectivity index (χ2v) is 3.37. The van der Waals surface area contributed by atoms with Crippen molar-refractivity contribution < 1.29 is 17.8 Å². The molecule has 0 spiro atoms. The lowest BCUT2D eigenvalue weighted by Gasteiger charge is -2.22. The SMILES string of the molecule is O=C1CC(S(=O)(=O)O)N1. The zero-order valence-corrected chi connectivity index (χ0v) is 5.18. The van der Waals surface area contributed by atoms with Crippen LogP contribution in [0.2, 0.25) is 0 Å². The Kier molecular flexibility index (Phi) is 1.21. The summed E-state index contributed by atoms with van der Waals surface area (Å²) in [5.74, 6) is -0.349. The van der Waals surface area contributed by atoms with Crippen LogP contribution in [0.1, 0.15) is 6.42 Å². The van der Waals surface area contributed by atoms with Gasteiger partial charge in [0.15, 0.2) is 5.37 Å². The number of hydrogen-bond donors (Lipinski definition) is 2. The van der Waals surface area contributed by atoms with Crippen LogP contribution in [0.25, 0.3) is 0 Å². The average Bonchev–Trinajstić information content (AvgIpc) is 1.55. The second kappa shape index (κ2) is 1.68. The van der Waals surface area contributed by atoms with Crippen molar-refractivity contribution >= 4 is 16.0 Å². The van der Waals surface area contributed by atoms with Crippen LogP contribution >= 0.6 is 0 Å². The van der Waals surface area contributed by atoms with Gasteiger partial charge in [0, 0.05) is 0 Å². The van der Waals surface area contributed by atoms with Gasteiger partial charge in [0.25, 0.3) is 10.1 Å². The molecule has 1 fully saturated rings. The smallest absolute Gasteiger partial charge is 0.286 e. The number of carbonyl (C=O) groups excluding carboxylic acids is 1. The summed E-state index contributed by atoms with van der Waals surface area (Å²) >= 11 is 0. The van der Waals surface area contributed by atoms with E-state index in [1.807, 2.05) is 5.32 Å². The lowest BCUT2D eigenvalue weighted by atomic mass is 10.3. The molecule has 1 rings (SSSR count). The minimum Gasteiger partial charge on any atom is -0.337 e. The van der Waals surface area contributed by atoms with Gasteiger partial charge in [-0.05, 0) is 0 Å². The van der Waals surface area contributed by atoms with Gasteiger partial charge in [0.05, 0.1) is 6.42 Å². The van der Waals surface area contributed by atoms with Crippen LogP contribution in [-0.4, -0.2) is 24.3 Å². The molecule has 5 nitrogen and oxygen atoms in total. The predicted octanol–water partition coefficient (Wildman–Crippen LogP) is -1.28. The first kappa shape index (κ1) is 6.50. The fourth-order valence-corrected chi connectivity index (χ4v) is 1.15. The summed E-state index contributed by atoms with van der Waals surface area (Å²) in [5.41, 5.74) is 0. The van der Waals surface area contributed by atoms with Crippen molar-refractivity contribution in [3.05, 3.63) is 0 Å². The Labute approximate surface area is 51.8 Å². The minimum atomic E-state index is -4.03. The van der Waals surface area contributed by atoms with E-state index in [9.17, 15) is 13.2 Å². The average molecular weight is 151 g/mol. The maximum Gasteiger partial charge on any atom is 0.286 e. The van der Waals surface area contributed by atoms with Gasteiger partial charge in [-0.3, -0.25) is 9.35 Å². The van der Waals surface area contributed by atoms with Gasteiger partial charge in [-0.1, -0.05) is 0 Å². The lowest BCUT2D eigenvalue weighted by molar-refractivity contribution is -0.126. The number of β-lactam (4-membered cyclic amide) rings is 1. The number of amides is 1. The van der Waals surface area contributed by atoms with E-state index in [1.165, 1.54) is 0 Å². The van der Waals surface area contributed by atoms with E-state index in [0.717, 1.165) is 0 Å². The topological polar surface area (TPSA) is 83.5 Å². The van der Waals surface area contributed by atoms with Crippen molar-refractivity contribution in [3.8, 4) is 0 Å². The first-order valence-corrected chi connectivity index (χ1v) is 3.76. The Balaban J connectivity index is 2.61. The molecule has 1 aliphatic heterocycles. The lowest BCUT2D eigenvalue weighted by Crippen LogP contribution is -2.52. The zero-order chi connectivity index (χ0) is 7.07. The van der Waals surface area contributed by atoms with E-state index in [-0.39, 0.29) is 12.3 Å². The number of rotatable bonds is 1. The van der Waals surface area contributed by atoms with E-state index >= 15 is 0 Å². The molecule has 0 aromatic rings. The van der Waals surface area contributed by atoms with Crippen LogP contribution in [0.5, 0.6) is 0 Å². The third-order valence-electron chi connectivity index (χ3n) is 1.05. The Hall–Kier alpha value is -0.620. The summed E-state index contributed by atoms with van der Waals surface area (Å²) in [4.78, 5) is 10.1. The summed E-state index contributed by atoms with van der Waals surface area (Å²) in [7, 11) is -4.03. The predicted molar refractivity (Wildman–Crippen MR) is 28.1 cm³/mol. The van der Waals surface area contributed by atoms with E-state index in [2.05, 4.69) is 0 Å². The molecule has 2 N–H and O–H groups in total. The second-order valence-electron chi connectivity index (χ2n) is 1.78. The van der Waals surface area contributed by atoms with E-state index in [4.69, 9.17) is 4.55 Å². The van der Waals surface area contributed by atoms with E-state index in [1.54, 1.807) is 0 Å². The molecule has 0 saturated carbocycles. The highest BCUT2D eigenvalue weighted by Crippen LogP contribution is 2.08. The van der Waals surface area contributed by atoms with Crippen molar-refractivity contribution in [2.24, 2.45) is 0 Å². The van der Waals surface area contributed by atoms with Crippen LogP contribution in [0.3, 0.4) is 0 Å². The van der Waals surface area contributed by atoms with Gasteiger partial charge in [-0.2, -0.15) is 8.42 Å². The van der Waals surface area contributed by atoms with Gasteiger partial charge in [-0.25, -0.2) is 0 Å². The molecule has 0 aliphatic carbocycles. The van der Waals surface area contributed by atoms with Gasteiger partial charge in [-0.15, -0.1) is 0 Å². The molecule has 0 aromatic carbocycles. The zero-order valence-electron chi connectivity index (χ0n) is 4.36. The van der Waals surface area contributed by atoms with Gasteiger partial charge in [0.2, 0.25) is 5.91 Å². The third kappa shape index (κ3) is 1.19. The molecule has 1 amide bonds. The Morgan fingerprint density at radius 3 is 2.22 bits per heavy atom. The Morgan fingerprint density at radius 2 is 2.11 bits per heavy atom. The molecular formula is C3H5NO4S. The van der Waals surface area contributed by atoms with Crippen molar-refractivity contribution in [2.75, 3.05) is 0 Å². The van der Waals surface area contributed by atoms with Crippen LogP contribution in [0, 0.1) is 0 Å².